The van der Waals surface area contributed by atoms with Crippen molar-refractivity contribution >= 4 is 34.5 Å². The normalized spacial score (nSPS) is 22.0. The average molecular weight is 363 g/mol. The molecule has 0 bridgehead atoms. The van der Waals surface area contributed by atoms with E-state index in [9.17, 15) is 4.79 Å². The summed E-state index contributed by atoms with van der Waals surface area (Å²) in [5.74, 6) is -0.0652. The molecule has 2 aromatic rings. The summed E-state index contributed by atoms with van der Waals surface area (Å²) in [6.07, 6.45) is 2.09. The van der Waals surface area contributed by atoms with Crippen LogP contribution in [0.2, 0.25) is 5.02 Å². The molecule has 0 N–H and O–H groups in total. The summed E-state index contributed by atoms with van der Waals surface area (Å²) in [6.45, 7) is 5.62. The number of anilines is 1. The smallest absolute Gasteiger partial charge is 0.277 e. The van der Waals surface area contributed by atoms with Crippen molar-refractivity contribution < 1.29 is 9.53 Å². The van der Waals surface area contributed by atoms with Gasteiger partial charge in [-0.05, 0) is 25.0 Å². The molecule has 6 heteroatoms. The van der Waals surface area contributed by atoms with Crippen molar-refractivity contribution in [2.45, 2.75) is 38.2 Å². The van der Waals surface area contributed by atoms with Crippen LogP contribution in [0, 0.1) is 0 Å². The van der Waals surface area contributed by atoms with Crippen LogP contribution in [0.5, 0.6) is 0 Å². The molecule has 0 saturated carbocycles. The maximum absolute atomic E-state index is 13.0. The van der Waals surface area contributed by atoms with Gasteiger partial charge in [-0.3, -0.25) is 4.79 Å². The molecule has 4 rings (SSSR count). The van der Waals surface area contributed by atoms with Crippen molar-refractivity contribution in [1.82, 2.24) is 4.98 Å². The molecule has 126 valence electrons. The SMILES string of the molecule is CC1(C)CN(C(=O)c2csc(C3CCCO3)n2)c2cccc(Cl)c21. The number of carbonyl (C=O) groups is 1. The van der Waals surface area contributed by atoms with Gasteiger partial charge in [0.05, 0.1) is 0 Å². The molecular formula is C18H19ClN2O2S. The molecular weight excluding hydrogens is 344 g/mol. The van der Waals surface area contributed by atoms with Crippen LogP contribution in [-0.2, 0) is 10.2 Å². The van der Waals surface area contributed by atoms with Crippen molar-refractivity contribution in [3.63, 3.8) is 0 Å². The fraction of sp³-hybridized carbons (Fsp3) is 0.444. The van der Waals surface area contributed by atoms with Gasteiger partial charge in [0.2, 0.25) is 0 Å². The highest BCUT2D eigenvalue weighted by molar-refractivity contribution is 7.09. The molecule has 1 fully saturated rings. The lowest BCUT2D eigenvalue weighted by molar-refractivity contribution is 0.0978. The summed E-state index contributed by atoms with van der Waals surface area (Å²) in [5, 5.41) is 3.46. The van der Waals surface area contributed by atoms with E-state index in [0.717, 1.165) is 35.7 Å². The summed E-state index contributed by atoms with van der Waals surface area (Å²) in [7, 11) is 0. The van der Waals surface area contributed by atoms with Gasteiger partial charge in [0.15, 0.2) is 0 Å². The largest absolute Gasteiger partial charge is 0.371 e. The summed E-state index contributed by atoms with van der Waals surface area (Å²) in [4.78, 5) is 19.4. The second kappa shape index (κ2) is 5.83. The summed E-state index contributed by atoms with van der Waals surface area (Å²) < 4.78 is 5.67. The number of halogens is 1. The molecule has 1 saturated heterocycles. The number of aromatic nitrogens is 1. The monoisotopic (exact) mass is 362 g/mol. The standard InChI is InChI=1S/C18H19ClN2O2S/c1-18(2)10-21(13-6-3-5-11(19)15(13)18)17(22)12-9-24-16(20-12)14-7-4-8-23-14/h3,5-6,9,14H,4,7-8,10H2,1-2H3. The lowest BCUT2D eigenvalue weighted by Crippen LogP contribution is -2.34. The molecule has 24 heavy (non-hydrogen) atoms. The van der Waals surface area contributed by atoms with E-state index in [1.807, 2.05) is 23.6 Å². The Bertz CT molecular complexity index is 796. The number of thiazole rings is 1. The first-order valence-electron chi connectivity index (χ1n) is 8.15. The van der Waals surface area contributed by atoms with Gasteiger partial charge in [-0.2, -0.15) is 0 Å². The van der Waals surface area contributed by atoms with E-state index in [1.54, 1.807) is 4.90 Å². The third-order valence-electron chi connectivity index (χ3n) is 4.70. The van der Waals surface area contributed by atoms with Gasteiger partial charge in [-0.15, -0.1) is 11.3 Å². The minimum atomic E-state index is -0.170. The fourth-order valence-electron chi connectivity index (χ4n) is 3.59. The van der Waals surface area contributed by atoms with Crippen LogP contribution in [-0.4, -0.2) is 24.0 Å². The number of hydrogen-bond acceptors (Lipinski definition) is 4. The van der Waals surface area contributed by atoms with Crippen LogP contribution in [0.3, 0.4) is 0 Å². The first-order valence-corrected chi connectivity index (χ1v) is 9.41. The summed E-state index contributed by atoms with van der Waals surface area (Å²) in [5.41, 5.74) is 2.25. The Labute approximate surface area is 150 Å². The predicted molar refractivity (Wildman–Crippen MR) is 96.2 cm³/mol. The molecule has 1 unspecified atom stereocenters. The van der Waals surface area contributed by atoms with Crippen LogP contribution in [0.15, 0.2) is 23.6 Å². The van der Waals surface area contributed by atoms with Crippen LogP contribution in [0.4, 0.5) is 5.69 Å². The first kappa shape index (κ1) is 16.1. The number of hydrogen-bond donors (Lipinski definition) is 0. The lowest BCUT2D eigenvalue weighted by atomic mass is 9.87. The molecule has 1 aromatic carbocycles. The third-order valence-corrected chi connectivity index (χ3v) is 5.96. The van der Waals surface area contributed by atoms with E-state index in [1.165, 1.54) is 11.3 Å². The van der Waals surface area contributed by atoms with Crippen LogP contribution in [0.25, 0.3) is 0 Å². The molecule has 3 heterocycles. The average Bonchev–Trinajstić information content (AvgIpc) is 3.25. The van der Waals surface area contributed by atoms with Crippen LogP contribution < -0.4 is 4.90 Å². The zero-order valence-electron chi connectivity index (χ0n) is 13.7. The zero-order valence-corrected chi connectivity index (χ0v) is 15.3. The maximum Gasteiger partial charge on any atom is 0.277 e. The molecule has 0 spiro atoms. The number of benzene rings is 1. The molecule has 1 aromatic heterocycles. The Balaban J connectivity index is 1.65. The van der Waals surface area contributed by atoms with Crippen molar-refractivity contribution in [1.29, 1.82) is 0 Å². The highest BCUT2D eigenvalue weighted by atomic mass is 35.5. The first-order chi connectivity index (χ1) is 11.5. The number of carbonyl (C=O) groups excluding carboxylic acids is 1. The molecule has 0 radical (unpaired) electrons. The van der Waals surface area contributed by atoms with Crippen LogP contribution >= 0.6 is 22.9 Å². The molecule has 1 atom stereocenters. The Hall–Kier alpha value is -1.43. The summed E-state index contributed by atoms with van der Waals surface area (Å²) in [6, 6.07) is 5.73. The molecule has 2 aliphatic heterocycles. The summed E-state index contributed by atoms with van der Waals surface area (Å²) >= 11 is 7.90. The molecule has 1 amide bonds. The number of fused-ring (bicyclic) bond motifs is 1. The quantitative estimate of drug-likeness (QED) is 0.784. The van der Waals surface area contributed by atoms with E-state index in [4.69, 9.17) is 16.3 Å². The van der Waals surface area contributed by atoms with Crippen molar-refractivity contribution in [3.8, 4) is 0 Å². The van der Waals surface area contributed by atoms with Crippen molar-refractivity contribution in [2.24, 2.45) is 0 Å². The number of nitrogens with zero attached hydrogens (tertiary/aromatic N) is 2. The highest BCUT2D eigenvalue weighted by Crippen LogP contribution is 2.45. The third kappa shape index (κ3) is 2.55. The highest BCUT2D eigenvalue weighted by Gasteiger charge is 2.40. The van der Waals surface area contributed by atoms with E-state index in [0.29, 0.717) is 17.3 Å². The van der Waals surface area contributed by atoms with E-state index in [-0.39, 0.29) is 17.4 Å². The fourth-order valence-corrected chi connectivity index (χ4v) is 4.89. The number of amides is 1. The van der Waals surface area contributed by atoms with Crippen molar-refractivity contribution in [2.75, 3.05) is 18.1 Å². The van der Waals surface area contributed by atoms with Gasteiger partial charge in [0.25, 0.3) is 5.91 Å². The minimum Gasteiger partial charge on any atom is -0.371 e. The number of ether oxygens (including phenoxy) is 1. The Morgan fingerprint density at radius 3 is 3.04 bits per heavy atom. The molecule has 4 nitrogen and oxygen atoms in total. The van der Waals surface area contributed by atoms with Gasteiger partial charge in [0, 0.05) is 40.2 Å². The predicted octanol–water partition coefficient (Wildman–Crippen LogP) is 4.59. The van der Waals surface area contributed by atoms with Gasteiger partial charge >= 0.3 is 0 Å². The van der Waals surface area contributed by atoms with Crippen LogP contribution in [0.1, 0.15) is 53.9 Å². The van der Waals surface area contributed by atoms with E-state index >= 15 is 0 Å². The van der Waals surface area contributed by atoms with Gasteiger partial charge in [-0.25, -0.2) is 4.98 Å². The Kier molecular flexibility index (Phi) is 3.90. The lowest BCUT2D eigenvalue weighted by Gasteiger charge is -2.20. The van der Waals surface area contributed by atoms with Gasteiger partial charge < -0.3 is 9.64 Å². The van der Waals surface area contributed by atoms with Crippen molar-refractivity contribution in [3.05, 3.63) is 44.9 Å². The zero-order chi connectivity index (χ0) is 16.9. The maximum atomic E-state index is 13.0. The minimum absolute atomic E-state index is 0.0494. The van der Waals surface area contributed by atoms with Gasteiger partial charge in [0.1, 0.15) is 16.8 Å². The number of rotatable bonds is 2. The van der Waals surface area contributed by atoms with Gasteiger partial charge in [-0.1, -0.05) is 31.5 Å². The molecule has 0 aliphatic carbocycles. The van der Waals surface area contributed by atoms with E-state index < -0.39 is 0 Å². The topological polar surface area (TPSA) is 42.4 Å². The molecule has 2 aliphatic rings. The Morgan fingerprint density at radius 1 is 1.46 bits per heavy atom. The second-order valence-electron chi connectivity index (χ2n) is 6.98. The van der Waals surface area contributed by atoms with E-state index in [2.05, 4.69) is 18.8 Å². The second-order valence-corrected chi connectivity index (χ2v) is 8.28. The Morgan fingerprint density at radius 2 is 2.29 bits per heavy atom.